The summed E-state index contributed by atoms with van der Waals surface area (Å²) in [6, 6.07) is 10.9. The zero-order chi connectivity index (χ0) is 10.6. The number of benzene rings is 1. The molecule has 0 aromatic heterocycles. The molecule has 0 aliphatic heterocycles. The maximum atomic E-state index is 2.56. The van der Waals surface area contributed by atoms with Crippen molar-refractivity contribution < 1.29 is 0 Å². The van der Waals surface area contributed by atoms with Crippen LogP contribution in [0.5, 0.6) is 0 Å². The Bertz CT molecular complexity index is 299. The second-order valence-electron chi connectivity index (χ2n) is 4.39. The first kappa shape index (κ1) is 11.5. The van der Waals surface area contributed by atoms with Crippen LogP contribution < -0.4 is 0 Å². The molecule has 0 atom stereocenters. The van der Waals surface area contributed by atoms with Gasteiger partial charge < -0.3 is 0 Å². The molecule has 0 amide bonds. The van der Waals surface area contributed by atoms with Crippen molar-refractivity contribution in [2.75, 3.05) is 0 Å². The van der Waals surface area contributed by atoms with Gasteiger partial charge in [0.05, 0.1) is 17.6 Å². The van der Waals surface area contributed by atoms with E-state index in [0.717, 1.165) is 0 Å². The lowest BCUT2D eigenvalue weighted by atomic mass is 10.2. The van der Waals surface area contributed by atoms with Crippen molar-refractivity contribution in [3.05, 3.63) is 41.6 Å². The Balaban J connectivity index is 3.01. The molecule has 2 heteroatoms. The minimum Gasteiger partial charge on any atom is -0.0986 e. The first-order valence-corrected chi connectivity index (χ1v) is 11.2. The molecule has 0 saturated carbocycles. The van der Waals surface area contributed by atoms with Gasteiger partial charge in [-0.25, -0.2) is 0 Å². The topological polar surface area (TPSA) is 0 Å². The molecule has 0 heterocycles. The van der Waals surface area contributed by atoms with Crippen LogP contribution in [0.15, 0.2) is 36.0 Å². The normalized spacial score (nSPS) is 12.6. The molecule has 0 radical (unpaired) electrons. The average Bonchev–Trinajstić information content (AvgIpc) is 2.15. The largest absolute Gasteiger partial charge is 0.0986 e. The third-order valence-corrected chi connectivity index (χ3v) is 5.42. The van der Waals surface area contributed by atoms with Gasteiger partial charge in [-0.15, -0.1) is 0 Å². The van der Waals surface area contributed by atoms with Crippen molar-refractivity contribution in [1.82, 2.24) is 0 Å². The van der Waals surface area contributed by atoms with Gasteiger partial charge in [-0.3, -0.25) is 0 Å². The van der Waals surface area contributed by atoms with Gasteiger partial charge in [0.1, 0.15) is 0 Å². The summed E-state index contributed by atoms with van der Waals surface area (Å²) in [6.07, 6.45) is 0. The van der Waals surface area contributed by atoms with Crippen molar-refractivity contribution in [2.45, 2.75) is 26.2 Å². The lowest BCUT2D eigenvalue weighted by Crippen LogP contribution is -2.08. The standard InChI is InChI=1S/C12H20Si2/c1-13(2)10-12(14(3)4)11-8-6-5-7-9-11/h5-10,13-14H,1-4H3/b12-10+. The monoisotopic (exact) mass is 220 g/mol. The third kappa shape index (κ3) is 3.27. The van der Waals surface area contributed by atoms with Crippen molar-refractivity contribution in [2.24, 2.45) is 0 Å². The van der Waals surface area contributed by atoms with E-state index in [1.807, 2.05) is 0 Å². The van der Waals surface area contributed by atoms with Crippen LogP contribution in [-0.2, 0) is 0 Å². The van der Waals surface area contributed by atoms with Crippen LogP contribution in [0, 0.1) is 0 Å². The highest BCUT2D eigenvalue weighted by molar-refractivity contribution is 6.80. The summed E-state index contributed by atoms with van der Waals surface area (Å²) in [5, 5.41) is 1.66. The molecule has 0 aliphatic rings. The van der Waals surface area contributed by atoms with Gasteiger partial charge in [0.25, 0.3) is 0 Å². The van der Waals surface area contributed by atoms with E-state index in [4.69, 9.17) is 0 Å². The zero-order valence-corrected chi connectivity index (χ0v) is 11.9. The van der Waals surface area contributed by atoms with Crippen LogP contribution in [-0.4, -0.2) is 17.6 Å². The second kappa shape index (κ2) is 5.32. The Labute approximate surface area is 90.9 Å². The fraction of sp³-hybridized carbons (Fsp3) is 0.333. The molecule has 0 unspecified atom stereocenters. The Morgan fingerprint density at radius 2 is 1.57 bits per heavy atom. The third-order valence-electron chi connectivity index (χ3n) is 2.24. The number of hydrogen-bond donors (Lipinski definition) is 0. The lowest BCUT2D eigenvalue weighted by molar-refractivity contribution is 1.64. The van der Waals surface area contributed by atoms with Gasteiger partial charge in [0.15, 0.2) is 0 Å². The van der Waals surface area contributed by atoms with Gasteiger partial charge in [0, 0.05) is 0 Å². The molecule has 1 rings (SSSR count). The van der Waals surface area contributed by atoms with Crippen molar-refractivity contribution in [3.8, 4) is 0 Å². The first-order chi connectivity index (χ1) is 6.61. The molecule has 1 aromatic carbocycles. The van der Waals surface area contributed by atoms with E-state index >= 15 is 0 Å². The van der Waals surface area contributed by atoms with Crippen LogP contribution in [0.25, 0.3) is 5.20 Å². The predicted octanol–water partition coefficient (Wildman–Crippen LogP) is 3.12. The molecule has 1 aromatic rings. The van der Waals surface area contributed by atoms with Gasteiger partial charge >= 0.3 is 0 Å². The quantitative estimate of drug-likeness (QED) is 0.687. The van der Waals surface area contributed by atoms with Gasteiger partial charge in [-0.05, 0) is 5.56 Å². The fourth-order valence-electron chi connectivity index (χ4n) is 1.61. The molecule has 0 bridgehead atoms. The average molecular weight is 220 g/mol. The molecule has 0 saturated heterocycles. The van der Waals surface area contributed by atoms with E-state index in [9.17, 15) is 0 Å². The molecule has 0 aliphatic carbocycles. The van der Waals surface area contributed by atoms with Gasteiger partial charge in [0.2, 0.25) is 0 Å². The Kier molecular flexibility index (Phi) is 4.36. The van der Waals surface area contributed by atoms with Crippen LogP contribution in [0.2, 0.25) is 26.2 Å². The summed E-state index contributed by atoms with van der Waals surface area (Å²) < 4.78 is 0. The van der Waals surface area contributed by atoms with Crippen LogP contribution in [0.4, 0.5) is 0 Å². The molecule has 76 valence electrons. The minimum atomic E-state index is -0.672. The molecule has 0 spiro atoms. The van der Waals surface area contributed by atoms with Crippen LogP contribution >= 0.6 is 0 Å². The van der Waals surface area contributed by atoms with Crippen LogP contribution in [0.1, 0.15) is 5.56 Å². The first-order valence-electron chi connectivity index (χ1n) is 5.38. The summed E-state index contributed by atoms with van der Waals surface area (Å²) in [6.45, 7) is 9.60. The van der Waals surface area contributed by atoms with Gasteiger partial charge in [-0.2, -0.15) is 0 Å². The smallest absolute Gasteiger partial charge is 0.0645 e. The lowest BCUT2D eigenvalue weighted by Gasteiger charge is -2.12. The molecule has 14 heavy (non-hydrogen) atoms. The van der Waals surface area contributed by atoms with E-state index in [-0.39, 0.29) is 0 Å². The molecule has 0 nitrogen and oxygen atoms in total. The summed E-state index contributed by atoms with van der Waals surface area (Å²) in [4.78, 5) is 0. The Morgan fingerprint density at radius 3 is 2.00 bits per heavy atom. The summed E-state index contributed by atoms with van der Waals surface area (Å²) in [7, 11) is -1.25. The summed E-state index contributed by atoms with van der Waals surface area (Å²) in [5.74, 6) is 0. The highest BCUT2D eigenvalue weighted by Crippen LogP contribution is 2.17. The maximum Gasteiger partial charge on any atom is 0.0645 e. The highest BCUT2D eigenvalue weighted by atomic mass is 28.3. The minimum absolute atomic E-state index is 0.582. The molecular weight excluding hydrogens is 200 g/mol. The van der Waals surface area contributed by atoms with Crippen LogP contribution in [0.3, 0.4) is 0 Å². The van der Waals surface area contributed by atoms with E-state index in [0.29, 0.717) is 0 Å². The maximum absolute atomic E-state index is 2.56. The van der Waals surface area contributed by atoms with E-state index in [2.05, 4.69) is 62.2 Å². The van der Waals surface area contributed by atoms with Crippen molar-refractivity contribution >= 4 is 22.8 Å². The molecule has 0 N–H and O–H groups in total. The second-order valence-corrected chi connectivity index (χ2v) is 10.1. The van der Waals surface area contributed by atoms with E-state index < -0.39 is 17.6 Å². The molecule has 0 fully saturated rings. The number of rotatable bonds is 3. The van der Waals surface area contributed by atoms with Crippen molar-refractivity contribution in [1.29, 1.82) is 0 Å². The van der Waals surface area contributed by atoms with E-state index in [1.54, 1.807) is 5.20 Å². The zero-order valence-electron chi connectivity index (χ0n) is 9.62. The summed E-state index contributed by atoms with van der Waals surface area (Å²) in [5.41, 5.74) is 4.02. The number of hydrogen-bond acceptors (Lipinski definition) is 0. The molecular formula is C12H20Si2. The Hall–Kier alpha value is -0.606. The fourth-order valence-corrected chi connectivity index (χ4v) is 6.08. The predicted molar refractivity (Wildman–Crippen MR) is 72.2 cm³/mol. The highest BCUT2D eigenvalue weighted by Gasteiger charge is 2.07. The van der Waals surface area contributed by atoms with Gasteiger partial charge in [-0.1, -0.05) is 67.4 Å². The van der Waals surface area contributed by atoms with Crippen molar-refractivity contribution in [3.63, 3.8) is 0 Å². The summed E-state index contributed by atoms with van der Waals surface area (Å²) >= 11 is 0. The van der Waals surface area contributed by atoms with E-state index in [1.165, 1.54) is 5.56 Å². The Morgan fingerprint density at radius 1 is 1.00 bits per heavy atom. The SMILES string of the molecule is C[SiH](C)/C=C(\c1ccccc1)[SiH](C)C.